The zero-order valence-corrected chi connectivity index (χ0v) is 13.7. The van der Waals surface area contributed by atoms with Crippen molar-refractivity contribution < 1.29 is 0 Å². The Bertz CT molecular complexity index is 383. The Balaban J connectivity index is 1.83. The lowest BCUT2D eigenvalue weighted by molar-refractivity contribution is 0.260. The normalized spacial score (nSPS) is 23.9. The van der Waals surface area contributed by atoms with Gasteiger partial charge in [-0.25, -0.2) is 0 Å². The first-order chi connectivity index (χ1) is 9.67. The highest BCUT2D eigenvalue weighted by Crippen LogP contribution is 2.25. The van der Waals surface area contributed by atoms with Gasteiger partial charge < -0.3 is 5.32 Å². The Kier molecular flexibility index (Phi) is 6.33. The lowest BCUT2D eigenvalue weighted by atomic mass is 10.2. The first-order valence-electron chi connectivity index (χ1n) is 7.69. The third-order valence-electron chi connectivity index (χ3n) is 3.52. The maximum absolute atomic E-state index is 4.61. The molecule has 0 aromatic carbocycles. The summed E-state index contributed by atoms with van der Waals surface area (Å²) in [7, 11) is 0. The summed E-state index contributed by atoms with van der Waals surface area (Å²) in [5, 5.41) is 4.88. The lowest BCUT2D eigenvalue weighted by Gasteiger charge is -2.34. The molecule has 1 aliphatic rings. The predicted octanol–water partition coefficient (Wildman–Crippen LogP) is 2.91. The van der Waals surface area contributed by atoms with E-state index in [0.717, 1.165) is 30.1 Å². The fourth-order valence-electron chi connectivity index (χ4n) is 2.71. The van der Waals surface area contributed by atoms with E-state index in [1.54, 1.807) is 0 Å². The Labute approximate surface area is 127 Å². The van der Waals surface area contributed by atoms with Crippen LogP contribution in [-0.2, 0) is 13.1 Å². The Morgan fingerprint density at radius 2 is 2.05 bits per heavy atom. The van der Waals surface area contributed by atoms with Gasteiger partial charge in [0.1, 0.15) is 0 Å². The minimum atomic E-state index is 0.733. The van der Waals surface area contributed by atoms with E-state index in [4.69, 9.17) is 0 Å². The summed E-state index contributed by atoms with van der Waals surface area (Å²) in [5.41, 5.74) is 2.47. The lowest BCUT2D eigenvalue weighted by Crippen LogP contribution is -2.39. The van der Waals surface area contributed by atoms with Gasteiger partial charge in [-0.15, -0.1) is 0 Å². The first-order valence-corrected chi connectivity index (χ1v) is 8.64. The molecule has 0 spiro atoms. The first kappa shape index (κ1) is 15.8. The topological polar surface area (TPSA) is 28.2 Å². The van der Waals surface area contributed by atoms with Gasteiger partial charge in [0.15, 0.2) is 0 Å². The van der Waals surface area contributed by atoms with Crippen molar-refractivity contribution in [3.8, 4) is 0 Å². The molecule has 2 rings (SSSR count). The van der Waals surface area contributed by atoms with Crippen LogP contribution in [0.5, 0.6) is 0 Å². The average Bonchev–Trinajstić information content (AvgIpc) is 2.40. The summed E-state index contributed by atoms with van der Waals surface area (Å²) in [6, 6.07) is 4.39. The van der Waals surface area contributed by atoms with Crippen LogP contribution in [-0.4, -0.2) is 40.0 Å². The number of nitrogens with zero attached hydrogens (tertiary/aromatic N) is 2. The highest BCUT2D eigenvalue weighted by atomic mass is 32.2. The minimum absolute atomic E-state index is 0.733. The van der Waals surface area contributed by atoms with Crippen LogP contribution >= 0.6 is 11.8 Å². The molecule has 0 bridgehead atoms. The number of aromatic nitrogens is 1. The maximum Gasteiger partial charge on any atom is 0.0544 e. The number of pyridine rings is 1. The van der Waals surface area contributed by atoms with E-state index in [1.165, 1.54) is 30.8 Å². The van der Waals surface area contributed by atoms with Crippen LogP contribution in [0.4, 0.5) is 0 Å². The van der Waals surface area contributed by atoms with E-state index in [-0.39, 0.29) is 0 Å². The van der Waals surface area contributed by atoms with Gasteiger partial charge in [0.25, 0.3) is 0 Å². The van der Waals surface area contributed by atoms with Gasteiger partial charge in [-0.2, -0.15) is 11.8 Å². The molecule has 1 aliphatic heterocycles. The molecule has 2 atom stereocenters. The molecule has 2 unspecified atom stereocenters. The largest absolute Gasteiger partial charge is 0.313 e. The van der Waals surface area contributed by atoms with Gasteiger partial charge in [-0.3, -0.25) is 9.88 Å². The highest BCUT2D eigenvalue weighted by molar-refractivity contribution is 8.00. The van der Waals surface area contributed by atoms with Crippen LogP contribution in [0.25, 0.3) is 0 Å². The maximum atomic E-state index is 4.61. The fourth-order valence-corrected chi connectivity index (χ4v) is 4.09. The van der Waals surface area contributed by atoms with Crippen LogP contribution in [0.15, 0.2) is 18.3 Å². The van der Waals surface area contributed by atoms with E-state index >= 15 is 0 Å². The second-order valence-corrected chi connectivity index (χ2v) is 7.67. The molecule has 112 valence electrons. The molecule has 0 amide bonds. The summed E-state index contributed by atoms with van der Waals surface area (Å²) < 4.78 is 0. The van der Waals surface area contributed by atoms with Gasteiger partial charge in [-0.1, -0.05) is 26.8 Å². The quantitative estimate of drug-likeness (QED) is 0.816. The van der Waals surface area contributed by atoms with Gasteiger partial charge in [0.2, 0.25) is 0 Å². The van der Waals surface area contributed by atoms with Gasteiger partial charge in [0, 0.05) is 42.9 Å². The molecule has 20 heavy (non-hydrogen) atoms. The molecule has 1 aromatic heterocycles. The molecule has 0 saturated carbocycles. The molecule has 2 heterocycles. The molecule has 1 fully saturated rings. The summed E-state index contributed by atoms with van der Waals surface area (Å²) >= 11 is 2.10. The fraction of sp³-hybridized carbons (Fsp3) is 0.688. The number of nitrogens with one attached hydrogen (secondary N) is 1. The summed E-state index contributed by atoms with van der Waals surface area (Å²) in [6.45, 7) is 12.2. The third kappa shape index (κ3) is 5.08. The smallest absolute Gasteiger partial charge is 0.0544 e. The van der Waals surface area contributed by atoms with Crippen molar-refractivity contribution in [2.24, 2.45) is 0 Å². The molecule has 1 saturated heterocycles. The van der Waals surface area contributed by atoms with Crippen molar-refractivity contribution in [1.29, 1.82) is 0 Å². The van der Waals surface area contributed by atoms with E-state index in [1.807, 2.05) is 6.20 Å². The Morgan fingerprint density at radius 1 is 1.30 bits per heavy atom. The van der Waals surface area contributed by atoms with Crippen LogP contribution in [0, 0.1) is 0 Å². The number of rotatable bonds is 6. The summed E-state index contributed by atoms with van der Waals surface area (Å²) in [4.78, 5) is 7.14. The molecule has 4 heteroatoms. The van der Waals surface area contributed by atoms with E-state index in [0.29, 0.717) is 0 Å². The van der Waals surface area contributed by atoms with Crippen LogP contribution in [0.3, 0.4) is 0 Å². The van der Waals surface area contributed by atoms with E-state index < -0.39 is 0 Å². The zero-order chi connectivity index (χ0) is 14.4. The Morgan fingerprint density at radius 3 is 2.65 bits per heavy atom. The average molecular weight is 293 g/mol. The van der Waals surface area contributed by atoms with Crippen LogP contribution in [0.2, 0.25) is 0 Å². The second kappa shape index (κ2) is 8.01. The number of thioether (sulfide) groups is 1. The standard InChI is InChI=1S/C16H27N3S/c1-4-7-17-8-15-5-6-16(18-9-15)12-19-10-13(2)20-14(3)11-19/h5-6,9,13-14,17H,4,7-8,10-12H2,1-3H3. The molecule has 1 aromatic rings. The molecular weight excluding hydrogens is 266 g/mol. The van der Waals surface area contributed by atoms with Gasteiger partial charge in [-0.05, 0) is 24.6 Å². The van der Waals surface area contributed by atoms with Crippen LogP contribution in [0.1, 0.15) is 38.4 Å². The number of hydrogen-bond donors (Lipinski definition) is 1. The third-order valence-corrected chi connectivity index (χ3v) is 4.75. The van der Waals surface area contributed by atoms with Crippen molar-refractivity contribution in [1.82, 2.24) is 15.2 Å². The monoisotopic (exact) mass is 293 g/mol. The molecule has 1 N–H and O–H groups in total. The van der Waals surface area contributed by atoms with Crippen molar-refractivity contribution in [2.45, 2.75) is 50.8 Å². The SMILES string of the molecule is CCCNCc1ccc(CN2CC(C)SC(C)C2)nc1. The summed E-state index contributed by atoms with van der Waals surface area (Å²) in [6.07, 6.45) is 3.19. The molecule has 0 radical (unpaired) electrons. The van der Waals surface area contributed by atoms with E-state index in [2.05, 4.69) is 59.9 Å². The molecule has 0 aliphatic carbocycles. The predicted molar refractivity (Wildman–Crippen MR) is 88.0 cm³/mol. The number of hydrogen-bond acceptors (Lipinski definition) is 4. The molecule has 3 nitrogen and oxygen atoms in total. The zero-order valence-electron chi connectivity index (χ0n) is 12.9. The second-order valence-electron chi connectivity index (χ2n) is 5.79. The van der Waals surface area contributed by atoms with Crippen molar-refractivity contribution in [3.63, 3.8) is 0 Å². The summed E-state index contributed by atoms with van der Waals surface area (Å²) in [5.74, 6) is 0. The Hall–Kier alpha value is -0.580. The van der Waals surface area contributed by atoms with Crippen molar-refractivity contribution >= 4 is 11.8 Å². The van der Waals surface area contributed by atoms with Crippen molar-refractivity contribution in [3.05, 3.63) is 29.6 Å². The van der Waals surface area contributed by atoms with E-state index in [9.17, 15) is 0 Å². The highest BCUT2D eigenvalue weighted by Gasteiger charge is 2.22. The minimum Gasteiger partial charge on any atom is -0.313 e. The van der Waals surface area contributed by atoms with Crippen molar-refractivity contribution in [2.75, 3.05) is 19.6 Å². The molecular formula is C16H27N3S. The van der Waals surface area contributed by atoms with Gasteiger partial charge in [0.05, 0.1) is 5.69 Å². The van der Waals surface area contributed by atoms with Gasteiger partial charge >= 0.3 is 0 Å². The van der Waals surface area contributed by atoms with Crippen LogP contribution < -0.4 is 5.32 Å².